The lowest BCUT2D eigenvalue weighted by molar-refractivity contribution is -0.136. The Kier molecular flexibility index (Phi) is 9.83. The predicted octanol–water partition coefficient (Wildman–Crippen LogP) is 3.34. The molecule has 0 bridgehead atoms. The van der Waals surface area contributed by atoms with Gasteiger partial charge in [-0.3, -0.25) is 9.36 Å². The quantitative estimate of drug-likeness (QED) is 0.464. The van der Waals surface area contributed by atoms with Gasteiger partial charge in [0.2, 0.25) is 5.91 Å². The molecule has 8 nitrogen and oxygen atoms in total. The molecule has 0 fully saturated rings. The molecule has 1 N–H and O–H groups in total. The van der Waals surface area contributed by atoms with E-state index in [0.29, 0.717) is 0 Å². The number of ether oxygens (including phenoxy) is 3. The second kappa shape index (κ2) is 13.0. The largest absolute Gasteiger partial charge is 0.375 e. The topological polar surface area (TPSA) is 91.7 Å². The molecule has 1 aliphatic rings. The molecule has 1 aliphatic carbocycles. The van der Waals surface area contributed by atoms with Crippen LogP contribution in [0.1, 0.15) is 18.9 Å². The number of hydrogen-bond acceptors (Lipinski definition) is 6. The monoisotopic (exact) mass is 489 g/mol. The summed E-state index contributed by atoms with van der Waals surface area (Å²) in [6.07, 6.45) is 6.10. The Balaban J connectivity index is 1.65. The molecular weight excluding hydrogens is 460 g/mol. The van der Waals surface area contributed by atoms with E-state index in [1.807, 2.05) is 30.3 Å². The van der Waals surface area contributed by atoms with Gasteiger partial charge in [0.15, 0.2) is 5.67 Å². The van der Waals surface area contributed by atoms with Gasteiger partial charge in [-0.2, -0.15) is 4.98 Å². The summed E-state index contributed by atoms with van der Waals surface area (Å²) >= 11 is 0. The molecule has 0 saturated heterocycles. The zero-order chi connectivity index (χ0) is 25.1. The highest BCUT2D eigenvalue weighted by molar-refractivity contribution is 5.87. The molecule has 188 valence electrons. The number of carbonyl (C=O) groups excluding carboxylic acids is 1. The first-order chi connectivity index (χ1) is 16.9. The number of allylic oxidation sites excluding steroid dienone is 3. The molecule has 1 aromatic heterocycles. The van der Waals surface area contributed by atoms with Crippen molar-refractivity contribution in [1.29, 1.82) is 0 Å². The van der Waals surface area contributed by atoms with Gasteiger partial charge in [-0.1, -0.05) is 48.6 Å². The lowest BCUT2D eigenvalue weighted by Crippen LogP contribution is -2.40. The molecule has 0 saturated carbocycles. The molecule has 3 unspecified atom stereocenters. The Labute approximate surface area is 202 Å². The normalized spacial score (nSPS) is 18.8. The predicted molar refractivity (Wildman–Crippen MR) is 126 cm³/mol. The van der Waals surface area contributed by atoms with E-state index in [0.717, 1.165) is 10.1 Å². The number of alkyl halides is 2. The Morgan fingerprint density at radius 3 is 2.66 bits per heavy atom. The SMILES string of the molecule is CC(=O)Nc1ccn(COC(COCC2(F)C=CC=CC2)C(CF)OCc2ccccc2)c(=O)n1. The molecule has 3 atom stereocenters. The Morgan fingerprint density at radius 2 is 2.00 bits per heavy atom. The molecule has 1 heterocycles. The zero-order valence-electron chi connectivity index (χ0n) is 19.4. The van der Waals surface area contributed by atoms with Crippen molar-refractivity contribution in [1.82, 2.24) is 9.55 Å². The lowest BCUT2D eigenvalue weighted by atomic mass is 9.98. The van der Waals surface area contributed by atoms with Gasteiger partial charge < -0.3 is 19.5 Å². The lowest BCUT2D eigenvalue weighted by Gasteiger charge is -2.28. The van der Waals surface area contributed by atoms with Crippen molar-refractivity contribution < 1.29 is 27.8 Å². The summed E-state index contributed by atoms with van der Waals surface area (Å²) in [4.78, 5) is 27.2. The first kappa shape index (κ1) is 26.4. The summed E-state index contributed by atoms with van der Waals surface area (Å²) in [5.74, 6) is -0.257. The second-order valence-corrected chi connectivity index (χ2v) is 8.11. The third kappa shape index (κ3) is 8.50. The van der Waals surface area contributed by atoms with Crippen LogP contribution in [0.4, 0.5) is 14.6 Å². The van der Waals surface area contributed by atoms with E-state index in [-0.39, 0.29) is 44.7 Å². The third-order valence-electron chi connectivity index (χ3n) is 5.20. The summed E-state index contributed by atoms with van der Waals surface area (Å²) in [5.41, 5.74) is -1.48. The van der Waals surface area contributed by atoms with Crippen molar-refractivity contribution in [3.8, 4) is 0 Å². The number of rotatable bonds is 13. The smallest absolute Gasteiger partial charge is 0.351 e. The van der Waals surface area contributed by atoms with Crippen LogP contribution in [0.25, 0.3) is 0 Å². The van der Waals surface area contributed by atoms with Gasteiger partial charge in [0, 0.05) is 19.5 Å². The van der Waals surface area contributed by atoms with Crippen LogP contribution in [0.2, 0.25) is 0 Å². The van der Waals surface area contributed by atoms with Crippen molar-refractivity contribution in [2.45, 2.75) is 44.6 Å². The van der Waals surface area contributed by atoms with E-state index < -0.39 is 30.2 Å². The summed E-state index contributed by atoms with van der Waals surface area (Å²) < 4.78 is 47.0. The Morgan fingerprint density at radius 1 is 1.20 bits per heavy atom. The average Bonchev–Trinajstić information content (AvgIpc) is 2.84. The molecule has 10 heteroatoms. The second-order valence-electron chi connectivity index (χ2n) is 8.11. The van der Waals surface area contributed by atoms with Crippen molar-refractivity contribution in [2.24, 2.45) is 0 Å². The van der Waals surface area contributed by atoms with Crippen molar-refractivity contribution >= 4 is 11.7 Å². The van der Waals surface area contributed by atoms with Crippen LogP contribution in [0.5, 0.6) is 0 Å². The van der Waals surface area contributed by atoms with Crippen LogP contribution >= 0.6 is 0 Å². The molecule has 2 aromatic rings. The summed E-state index contributed by atoms with van der Waals surface area (Å²) in [7, 11) is 0. The van der Waals surface area contributed by atoms with Gasteiger partial charge >= 0.3 is 5.69 Å². The maximum absolute atomic E-state index is 14.8. The van der Waals surface area contributed by atoms with Crippen molar-refractivity contribution in [2.75, 3.05) is 25.2 Å². The van der Waals surface area contributed by atoms with Crippen LogP contribution in [-0.4, -0.2) is 53.2 Å². The minimum atomic E-state index is -1.66. The summed E-state index contributed by atoms with van der Waals surface area (Å²) in [5, 5.41) is 2.42. The van der Waals surface area contributed by atoms with Crippen LogP contribution in [0.3, 0.4) is 0 Å². The van der Waals surface area contributed by atoms with Crippen LogP contribution in [-0.2, 0) is 32.3 Å². The minimum Gasteiger partial charge on any atom is -0.375 e. The number of carbonyl (C=O) groups is 1. The highest BCUT2D eigenvalue weighted by atomic mass is 19.1. The highest BCUT2D eigenvalue weighted by Crippen LogP contribution is 2.23. The van der Waals surface area contributed by atoms with Gasteiger partial charge in [0.25, 0.3) is 0 Å². The van der Waals surface area contributed by atoms with Crippen LogP contribution < -0.4 is 11.0 Å². The molecule has 0 spiro atoms. The van der Waals surface area contributed by atoms with E-state index in [9.17, 15) is 18.4 Å². The van der Waals surface area contributed by atoms with Crippen molar-refractivity contribution in [3.05, 3.63) is 82.9 Å². The number of halogens is 2. The fourth-order valence-electron chi connectivity index (χ4n) is 3.33. The van der Waals surface area contributed by atoms with E-state index in [2.05, 4.69) is 10.3 Å². The van der Waals surface area contributed by atoms with Crippen molar-refractivity contribution in [3.63, 3.8) is 0 Å². The highest BCUT2D eigenvalue weighted by Gasteiger charge is 2.29. The number of aromatic nitrogens is 2. The Hall–Kier alpha value is -3.21. The molecule has 1 amide bonds. The number of amides is 1. The molecule has 0 aliphatic heterocycles. The summed E-state index contributed by atoms with van der Waals surface area (Å²) in [6, 6.07) is 10.7. The fraction of sp³-hybridized carbons (Fsp3) is 0.400. The van der Waals surface area contributed by atoms with Gasteiger partial charge in [-0.05, 0) is 17.7 Å². The number of nitrogens with zero attached hydrogens (tertiary/aromatic N) is 2. The summed E-state index contributed by atoms with van der Waals surface area (Å²) in [6.45, 7) is -0.0953. The molecular formula is C25H29F2N3O5. The van der Waals surface area contributed by atoms with E-state index >= 15 is 0 Å². The molecule has 3 rings (SSSR count). The fourth-order valence-corrected chi connectivity index (χ4v) is 3.33. The molecule has 0 radical (unpaired) electrons. The zero-order valence-corrected chi connectivity index (χ0v) is 19.4. The third-order valence-corrected chi connectivity index (χ3v) is 5.20. The molecule has 35 heavy (non-hydrogen) atoms. The number of anilines is 1. The van der Waals surface area contributed by atoms with E-state index in [1.54, 1.807) is 18.2 Å². The van der Waals surface area contributed by atoms with Gasteiger partial charge in [-0.25, -0.2) is 13.6 Å². The maximum atomic E-state index is 14.8. The van der Waals surface area contributed by atoms with Crippen LogP contribution in [0.15, 0.2) is 71.7 Å². The molecule has 1 aromatic carbocycles. The van der Waals surface area contributed by atoms with Gasteiger partial charge in [0.1, 0.15) is 31.4 Å². The minimum absolute atomic E-state index is 0.106. The van der Waals surface area contributed by atoms with E-state index in [1.165, 1.54) is 25.3 Å². The number of nitrogens with one attached hydrogen (secondary N) is 1. The maximum Gasteiger partial charge on any atom is 0.351 e. The number of benzene rings is 1. The number of hydrogen-bond donors (Lipinski definition) is 1. The first-order valence-electron chi connectivity index (χ1n) is 11.2. The Bertz CT molecular complexity index is 1080. The first-order valence-corrected chi connectivity index (χ1v) is 11.2. The standard InChI is InChI=1S/C25H29F2N3O5/c1-19(31)28-23-10-13-30(24(32)29-23)18-35-22(16-33-17-25(27)11-6-3-7-12-25)21(14-26)34-15-20-8-4-2-5-9-20/h2-11,13,21-22H,12,14-18H2,1H3,(H,28,29,31,32). The van der Waals surface area contributed by atoms with Gasteiger partial charge in [-0.15, -0.1) is 0 Å². The van der Waals surface area contributed by atoms with Gasteiger partial charge in [0.05, 0.1) is 19.8 Å². The van der Waals surface area contributed by atoms with E-state index in [4.69, 9.17) is 14.2 Å². The van der Waals surface area contributed by atoms with Crippen LogP contribution in [0, 0.1) is 0 Å². The average molecular weight is 490 g/mol.